The van der Waals surface area contributed by atoms with Gasteiger partial charge >= 0.3 is 0 Å². The number of nitrogens with zero attached hydrogens (tertiary/aromatic N) is 3. The molecule has 1 N–H and O–H groups in total. The van der Waals surface area contributed by atoms with Crippen molar-refractivity contribution in [2.24, 2.45) is 0 Å². The van der Waals surface area contributed by atoms with Crippen molar-refractivity contribution < 1.29 is 13.6 Å². The van der Waals surface area contributed by atoms with E-state index in [4.69, 9.17) is 0 Å². The van der Waals surface area contributed by atoms with Crippen molar-refractivity contribution in [1.29, 1.82) is 0 Å². The predicted molar refractivity (Wildman–Crippen MR) is 65.8 cm³/mol. The molecule has 0 radical (unpaired) electrons. The van der Waals surface area contributed by atoms with Gasteiger partial charge in [0.05, 0.1) is 0 Å². The third-order valence-corrected chi connectivity index (χ3v) is 3.28. The quantitative estimate of drug-likeness (QED) is 0.894. The molecule has 5 nitrogen and oxygen atoms in total. The lowest BCUT2D eigenvalue weighted by atomic mass is 10.00. The normalized spacial score (nSPS) is 18.9. The number of carbonyl (C=O) groups is 1. The molecule has 1 fully saturated rings. The fourth-order valence-corrected chi connectivity index (χ4v) is 2.25. The number of amides is 1. The summed E-state index contributed by atoms with van der Waals surface area (Å²) in [7, 11) is 0. The lowest BCUT2D eigenvalue weighted by Gasteiger charge is -2.42. The zero-order chi connectivity index (χ0) is 14.0. The van der Waals surface area contributed by atoms with Gasteiger partial charge in [0.15, 0.2) is 0 Å². The Kier molecular flexibility index (Phi) is 3.84. The summed E-state index contributed by atoms with van der Waals surface area (Å²) in [5.41, 5.74) is -0.569. The first kappa shape index (κ1) is 13.9. The number of carbonyl (C=O) groups excluding carboxylic acids is 1. The van der Waals surface area contributed by atoms with E-state index in [-0.39, 0.29) is 23.7 Å². The standard InChI is InChI=1S/C12H18F2N4O/c1-12(2)8-15-4-6-18(12)10(19)7-17-5-3-9(16-17)11(13)14/h3,5,11,15H,4,6-8H2,1-2H3. The summed E-state index contributed by atoms with van der Waals surface area (Å²) in [6.45, 7) is 6.04. The van der Waals surface area contributed by atoms with E-state index in [2.05, 4.69) is 10.4 Å². The molecule has 0 spiro atoms. The Bertz CT molecular complexity index is 458. The maximum atomic E-state index is 12.4. The van der Waals surface area contributed by atoms with E-state index < -0.39 is 6.43 Å². The Morgan fingerprint density at radius 1 is 1.58 bits per heavy atom. The summed E-state index contributed by atoms with van der Waals surface area (Å²) in [5.74, 6) is -0.101. The molecule has 0 aliphatic carbocycles. The van der Waals surface area contributed by atoms with Gasteiger partial charge in [-0.1, -0.05) is 0 Å². The minimum atomic E-state index is -2.60. The van der Waals surface area contributed by atoms with Gasteiger partial charge in [0.25, 0.3) is 6.43 Å². The monoisotopic (exact) mass is 272 g/mol. The average molecular weight is 272 g/mol. The number of nitrogens with one attached hydrogen (secondary N) is 1. The van der Waals surface area contributed by atoms with Crippen LogP contribution in [-0.4, -0.2) is 45.8 Å². The van der Waals surface area contributed by atoms with E-state index in [1.54, 1.807) is 4.90 Å². The maximum Gasteiger partial charge on any atom is 0.282 e. The number of hydrogen-bond acceptors (Lipinski definition) is 3. The Morgan fingerprint density at radius 2 is 2.32 bits per heavy atom. The molecule has 2 heterocycles. The van der Waals surface area contributed by atoms with Crippen LogP contribution in [0.3, 0.4) is 0 Å². The zero-order valence-corrected chi connectivity index (χ0v) is 11.1. The van der Waals surface area contributed by atoms with Crippen LogP contribution in [0.1, 0.15) is 26.0 Å². The number of halogens is 2. The van der Waals surface area contributed by atoms with Crippen molar-refractivity contribution >= 4 is 5.91 Å². The number of rotatable bonds is 3. The molecule has 1 aromatic rings. The van der Waals surface area contributed by atoms with E-state index in [1.165, 1.54) is 16.9 Å². The molecule has 0 bridgehead atoms. The largest absolute Gasteiger partial charge is 0.333 e. The van der Waals surface area contributed by atoms with Crippen LogP contribution >= 0.6 is 0 Å². The van der Waals surface area contributed by atoms with Crippen LogP contribution in [0, 0.1) is 0 Å². The summed E-state index contributed by atoms with van der Waals surface area (Å²) in [6.07, 6.45) is -1.19. The first-order valence-electron chi connectivity index (χ1n) is 6.23. The predicted octanol–water partition coefficient (Wildman–Crippen LogP) is 1.03. The fourth-order valence-electron chi connectivity index (χ4n) is 2.25. The first-order valence-corrected chi connectivity index (χ1v) is 6.23. The lowest BCUT2D eigenvalue weighted by Crippen LogP contribution is -2.60. The first-order chi connectivity index (χ1) is 8.90. The smallest absolute Gasteiger partial charge is 0.282 e. The highest BCUT2D eigenvalue weighted by Gasteiger charge is 2.33. The zero-order valence-electron chi connectivity index (χ0n) is 11.1. The second-order valence-corrected chi connectivity index (χ2v) is 5.27. The van der Waals surface area contributed by atoms with Crippen LogP contribution in [-0.2, 0) is 11.3 Å². The van der Waals surface area contributed by atoms with E-state index in [0.717, 1.165) is 13.1 Å². The number of aromatic nitrogens is 2. The highest BCUT2D eigenvalue weighted by Crippen LogP contribution is 2.18. The maximum absolute atomic E-state index is 12.4. The summed E-state index contributed by atoms with van der Waals surface area (Å²) in [6, 6.07) is 1.24. The van der Waals surface area contributed by atoms with E-state index in [9.17, 15) is 13.6 Å². The van der Waals surface area contributed by atoms with Crippen LogP contribution in [0.5, 0.6) is 0 Å². The van der Waals surface area contributed by atoms with Gasteiger partial charge in [0.1, 0.15) is 12.2 Å². The number of piperazine rings is 1. The summed E-state index contributed by atoms with van der Waals surface area (Å²) in [4.78, 5) is 14.0. The third kappa shape index (κ3) is 3.09. The molecule has 1 saturated heterocycles. The van der Waals surface area contributed by atoms with Gasteiger partial charge in [-0.15, -0.1) is 0 Å². The summed E-state index contributed by atoms with van der Waals surface area (Å²) >= 11 is 0. The topological polar surface area (TPSA) is 50.2 Å². The Balaban J connectivity index is 2.03. The third-order valence-electron chi connectivity index (χ3n) is 3.28. The van der Waals surface area contributed by atoms with Crippen LogP contribution in [0.2, 0.25) is 0 Å². The molecular weight excluding hydrogens is 254 g/mol. The molecule has 0 atom stereocenters. The van der Waals surface area contributed by atoms with Crippen LogP contribution in [0.15, 0.2) is 12.3 Å². The number of hydrogen-bond donors (Lipinski definition) is 1. The lowest BCUT2D eigenvalue weighted by molar-refractivity contribution is -0.138. The Morgan fingerprint density at radius 3 is 2.89 bits per heavy atom. The Hall–Kier alpha value is -1.50. The number of alkyl halides is 2. The molecule has 1 aliphatic heterocycles. The van der Waals surface area contributed by atoms with Gasteiger partial charge in [-0.2, -0.15) is 5.10 Å². The molecule has 0 saturated carbocycles. The molecule has 1 amide bonds. The molecule has 0 unspecified atom stereocenters. The molecule has 1 aliphatic rings. The van der Waals surface area contributed by atoms with Crippen molar-refractivity contribution in [3.63, 3.8) is 0 Å². The van der Waals surface area contributed by atoms with E-state index >= 15 is 0 Å². The van der Waals surface area contributed by atoms with E-state index in [1.807, 2.05) is 13.8 Å². The molecule has 19 heavy (non-hydrogen) atoms. The van der Waals surface area contributed by atoms with Crippen LogP contribution in [0.4, 0.5) is 8.78 Å². The highest BCUT2D eigenvalue weighted by atomic mass is 19.3. The highest BCUT2D eigenvalue weighted by molar-refractivity contribution is 5.77. The van der Waals surface area contributed by atoms with Crippen molar-refractivity contribution in [2.75, 3.05) is 19.6 Å². The molecule has 106 valence electrons. The van der Waals surface area contributed by atoms with E-state index in [0.29, 0.717) is 6.54 Å². The van der Waals surface area contributed by atoms with Gasteiger partial charge in [0.2, 0.25) is 5.91 Å². The molecule has 2 rings (SSSR count). The van der Waals surface area contributed by atoms with Crippen molar-refractivity contribution in [2.45, 2.75) is 32.4 Å². The summed E-state index contributed by atoms with van der Waals surface area (Å²) < 4.78 is 26.1. The minimum Gasteiger partial charge on any atom is -0.333 e. The van der Waals surface area contributed by atoms with Crippen molar-refractivity contribution in [1.82, 2.24) is 20.0 Å². The SMILES string of the molecule is CC1(C)CNCCN1C(=O)Cn1ccc(C(F)F)n1. The summed E-state index contributed by atoms with van der Waals surface area (Å²) in [5, 5.41) is 6.92. The molecular formula is C12H18F2N4O. The average Bonchev–Trinajstić information content (AvgIpc) is 2.76. The molecule has 1 aromatic heterocycles. The van der Waals surface area contributed by atoms with Gasteiger partial charge in [-0.05, 0) is 19.9 Å². The molecule has 7 heteroatoms. The van der Waals surface area contributed by atoms with Crippen molar-refractivity contribution in [3.05, 3.63) is 18.0 Å². The van der Waals surface area contributed by atoms with Gasteiger partial charge in [-0.25, -0.2) is 8.78 Å². The molecule has 0 aromatic carbocycles. The fraction of sp³-hybridized carbons (Fsp3) is 0.667. The van der Waals surface area contributed by atoms with Crippen LogP contribution < -0.4 is 5.32 Å². The second-order valence-electron chi connectivity index (χ2n) is 5.27. The Labute approximate surface area is 110 Å². The van der Waals surface area contributed by atoms with Gasteiger partial charge in [-0.3, -0.25) is 9.48 Å². The van der Waals surface area contributed by atoms with Crippen LogP contribution in [0.25, 0.3) is 0 Å². The minimum absolute atomic E-state index is 0.00382. The van der Waals surface area contributed by atoms with Crippen molar-refractivity contribution in [3.8, 4) is 0 Å². The van der Waals surface area contributed by atoms with Gasteiger partial charge < -0.3 is 10.2 Å². The second kappa shape index (κ2) is 5.24. The van der Waals surface area contributed by atoms with Gasteiger partial charge in [0, 0.05) is 31.4 Å².